The number of likely N-dealkylation sites (N-methyl/N-ethyl adjacent to an activating group) is 1. The number of carbonyl (C=O) groups excluding carboxylic acids is 1. The van der Waals surface area contributed by atoms with Crippen molar-refractivity contribution in [3.8, 4) is 0 Å². The maximum Gasteiger partial charge on any atom is 0.163 e. The molecular weight excluding hydrogens is 294 g/mol. The standard InChI is InChI=1S/C18H25NO4/c1-18(2)22-13-16(23-18)17(15(21-4)10-11-20)19(3)12-14-8-6-5-7-9-14/h5-11,16-17H,12-13H2,1-4H3/b15-10-/t16-,17-/m1/s1. The molecule has 0 aromatic heterocycles. The first-order valence-corrected chi connectivity index (χ1v) is 7.72. The summed E-state index contributed by atoms with van der Waals surface area (Å²) in [6.07, 6.45) is 1.98. The lowest BCUT2D eigenvalue weighted by atomic mass is 10.1. The number of hydrogen-bond acceptors (Lipinski definition) is 5. The Labute approximate surface area is 137 Å². The first kappa shape index (κ1) is 17.7. The molecule has 23 heavy (non-hydrogen) atoms. The van der Waals surface area contributed by atoms with E-state index in [2.05, 4.69) is 17.0 Å². The van der Waals surface area contributed by atoms with Crippen molar-refractivity contribution in [1.82, 2.24) is 4.90 Å². The van der Waals surface area contributed by atoms with E-state index < -0.39 is 5.79 Å². The number of carbonyl (C=O) groups is 1. The largest absolute Gasteiger partial charge is 0.499 e. The molecule has 2 atom stereocenters. The zero-order valence-electron chi connectivity index (χ0n) is 14.2. The molecule has 1 aromatic rings. The Hall–Kier alpha value is -1.69. The van der Waals surface area contributed by atoms with Crippen molar-refractivity contribution in [3.63, 3.8) is 0 Å². The number of allylic oxidation sites excluding steroid dienone is 1. The average Bonchev–Trinajstić information content (AvgIpc) is 2.87. The number of aldehydes is 1. The number of nitrogens with zero attached hydrogens (tertiary/aromatic N) is 1. The summed E-state index contributed by atoms with van der Waals surface area (Å²) < 4.78 is 17.1. The van der Waals surface area contributed by atoms with Crippen LogP contribution in [0.4, 0.5) is 0 Å². The maximum atomic E-state index is 11.0. The maximum absolute atomic E-state index is 11.0. The van der Waals surface area contributed by atoms with Gasteiger partial charge in [-0.2, -0.15) is 0 Å². The summed E-state index contributed by atoms with van der Waals surface area (Å²) in [6.45, 7) is 4.94. The average molecular weight is 319 g/mol. The van der Waals surface area contributed by atoms with E-state index in [0.717, 1.165) is 6.29 Å². The molecule has 0 amide bonds. The second-order valence-corrected chi connectivity index (χ2v) is 6.12. The van der Waals surface area contributed by atoms with E-state index in [4.69, 9.17) is 14.2 Å². The number of rotatable bonds is 7. The lowest BCUT2D eigenvalue weighted by molar-refractivity contribution is -0.145. The molecule has 2 rings (SSSR count). The zero-order chi connectivity index (χ0) is 16.9. The van der Waals surface area contributed by atoms with Gasteiger partial charge in [0.05, 0.1) is 19.8 Å². The van der Waals surface area contributed by atoms with Crippen molar-refractivity contribution in [3.05, 3.63) is 47.7 Å². The van der Waals surface area contributed by atoms with Crippen LogP contribution in [0.3, 0.4) is 0 Å². The van der Waals surface area contributed by atoms with Crippen LogP contribution < -0.4 is 0 Å². The molecule has 1 aliphatic rings. The minimum absolute atomic E-state index is 0.202. The van der Waals surface area contributed by atoms with Crippen molar-refractivity contribution in [1.29, 1.82) is 0 Å². The molecule has 0 radical (unpaired) electrons. The lowest BCUT2D eigenvalue weighted by Gasteiger charge is -2.33. The molecule has 1 heterocycles. The summed E-state index contributed by atoms with van der Waals surface area (Å²) >= 11 is 0. The minimum Gasteiger partial charge on any atom is -0.499 e. The van der Waals surface area contributed by atoms with Crippen LogP contribution in [0.1, 0.15) is 19.4 Å². The molecule has 0 bridgehead atoms. The second kappa shape index (κ2) is 7.73. The third-order valence-corrected chi connectivity index (χ3v) is 3.89. The van der Waals surface area contributed by atoms with E-state index >= 15 is 0 Å². The van der Waals surface area contributed by atoms with Crippen LogP contribution in [0, 0.1) is 0 Å². The Morgan fingerprint density at radius 3 is 2.65 bits per heavy atom. The van der Waals surface area contributed by atoms with E-state index in [9.17, 15) is 4.79 Å². The fourth-order valence-corrected chi connectivity index (χ4v) is 2.88. The molecule has 126 valence electrons. The van der Waals surface area contributed by atoms with Gasteiger partial charge < -0.3 is 14.2 Å². The Bertz CT molecular complexity index is 541. The summed E-state index contributed by atoms with van der Waals surface area (Å²) in [4.78, 5) is 13.1. The number of methoxy groups -OCH3 is 1. The highest BCUT2D eigenvalue weighted by molar-refractivity contribution is 5.65. The van der Waals surface area contributed by atoms with E-state index in [1.165, 1.54) is 11.6 Å². The highest BCUT2D eigenvalue weighted by Crippen LogP contribution is 2.29. The van der Waals surface area contributed by atoms with E-state index in [-0.39, 0.29) is 12.1 Å². The number of ether oxygens (including phenoxy) is 3. The van der Waals surface area contributed by atoms with Gasteiger partial charge in [0.2, 0.25) is 0 Å². The fraction of sp³-hybridized carbons (Fsp3) is 0.500. The summed E-state index contributed by atoms with van der Waals surface area (Å²) in [7, 11) is 3.56. The molecule has 0 unspecified atom stereocenters. The molecule has 5 heteroatoms. The molecular formula is C18H25NO4. The molecule has 1 aliphatic heterocycles. The van der Waals surface area contributed by atoms with Crippen LogP contribution in [0.2, 0.25) is 0 Å². The van der Waals surface area contributed by atoms with E-state index in [0.29, 0.717) is 18.9 Å². The molecule has 0 N–H and O–H groups in total. The zero-order valence-corrected chi connectivity index (χ0v) is 14.2. The summed E-state index contributed by atoms with van der Waals surface area (Å²) in [6, 6.07) is 9.94. The van der Waals surface area contributed by atoms with Gasteiger partial charge in [-0.25, -0.2) is 0 Å². The number of hydrogen-bond donors (Lipinski definition) is 0. The van der Waals surface area contributed by atoms with Crippen LogP contribution in [0.15, 0.2) is 42.2 Å². The predicted octanol–water partition coefficient (Wildman–Crippen LogP) is 2.37. The van der Waals surface area contributed by atoms with E-state index in [1.54, 1.807) is 7.11 Å². The van der Waals surface area contributed by atoms with Crippen LogP contribution >= 0.6 is 0 Å². The number of benzene rings is 1. The fourth-order valence-electron chi connectivity index (χ4n) is 2.88. The van der Waals surface area contributed by atoms with Gasteiger partial charge in [0, 0.05) is 12.6 Å². The molecule has 0 aliphatic carbocycles. The molecule has 1 aromatic carbocycles. The first-order valence-electron chi connectivity index (χ1n) is 7.72. The Balaban J connectivity index is 2.22. The van der Waals surface area contributed by atoms with Gasteiger partial charge in [-0.15, -0.1) is 0 Å². The van der Waals surface area contributed by atoms with Gasteiger partial charge in [0.25, 0.3) is 0 Å². The minimum atomic E-state index is -0.628. The SMILES string of the molecule is CO/C(=C\C=O)[C@H]([C@H]1COC(C)(C)O1)N(C)Cc1ccccc1. The van der Waals surface area contributed by atoms with Crippen molar-refractivity contribution in [2.45, 2.75) is 38.3 Å². The normalized spacial score (nSPS) is 22.1. The highest BCUT2D eigenvalue weighted by atomic mass is 16.7. The van der Waals surface area contributed by atoms with Crippen LogP contribution in [-0.4, -0.2) is 49.9 Å². The third-order valence-electron chi connectivity index (χ3n) is 3.89. The topological polar surface area (TPSA) is 48.0 Å². The second-order valence-electron chi connectivity index (χ2n) is 6.12. The van der Waals surface area contributed by atoms with Gasteiger partial charge >= 0.3 is 0 Å². The van der Waals surface area contributed by atoms with Crippen molar-refractivity contribution in [2.75, 3.05) is 20.8 Å². The first-order chi connectivity index (χ1) is 11.0. The van der Waals surface area contributed by atoms with Crippen molar-refractivity contribution >= 4 is 6.29 Å². The van der Waals surface area contributed by atoms with Gasteiger partial charge in [-0.1, -0.05) is 30.3 Å². The molecule has 1 saturated heterocycles. The smallest absolute Gasteiger partial charge is 0.163 e. The lowest BCUT2D eigenvalue weighted by Crippen LogP contribution is -2.44. The Kier molecular flexibility index (Phi) is 5.93. The third kappa shape index (κ3) is 4.64. The summed E-state index contributed by atoms with van der Waals surface area (Å²) in [5.74, 6) is -0.0546. The Morgan fingerprint density at radius 2 is 2.13 bits per heavy atom. The quantitative estimate of drug-likeness (QED) is 0.439. The van der Waals surface area contributed by atoms with Crippen molar-refractivity contribution < 1.29 is 19.0 Å². The van der Waals surface area contributed by atoms with Crippen LogP contribution in [0.5, 0.6) is 0 Å². The Morgan fingerprint density at radius 1 is 1.43 bits per heavy atom. The molecule has 1 fully saturated rings. The van der Waals surface area contributed by atoms with Gasteiger partial charge in [0.1, 0.15) is 18.1 Å². The molecule has 0 saturated carbocycles. The van der Waals surface area contributed by atoms with E-state index in [1.807, 2.05) is 39.1 Å². The highest BCUT2D eigenvalue weighted by Gasteiger charge is 2.41. The summed E-state index contributed by atoms with van der Waals surface area (Å²) in [5.41, 5.74) is 1.18. The van der Waals surface area contributed by atoms with Gasteiger partial charge in [-0.3, -0.25) is 9.69 Å². The summed E-state index contributed by atoms with van der Waals surface area (Å²) in [5, 5.41) is 0. The van der Waals surface area contributed by atoms with Crippen LogP contribution in [0.25, 0.3) is 0 Å². The van der Waals surface area contributed by atoms with Crippen molar-refractivity contribution in [2.24, 2.45) is 0 Å². The molecule has 5 nitrogen and oxygen atoms in total. The van der Waals surface area contributed by atoms with Crippen LogP contribution in [-0.2, 0) is 25.5 Å². The predicted molar refractivity (Wildman–Crippen MR) is 87.8 cm³/mol. The van der Waals surface area contributed by atoms with Gasteiger partial charge in [0.15, 0.2) is 5.79 Å². The molecule has 0 spiro atoms. The van der Waals surface area contributed by atoms with Gasteiger partial charge in [-0.05, 0) is 26.5 Å². The monoisotopic (exact) mass is 319 g/mol.